The van der Waals surface area contributed by atoms with Gasteiger partial charge < -0.3 is 10.5 Å². The first-order valence-corrected chi connectivity index (χ1v) is 6.43. The fraction of sp³-hybridized carbons (Fsp3) is 0.533. The maximum Gasteiger partial charge on any atom is 0.323 e. The Labute approximate surface area is 108 Å². The number of rotatable bonds is 3. The van der Waals surface area contributed by atoms with E-state index in [1.54, 1.807) is 0 Å². The zero-order valence-corrected chi connectivity index (χ0v) is 11.3. The molecule has 0 bridgehead atoms. The van der Waals surface area contributed by atoms with E-state index in [0.29, 0.717) is 12.3 Å². The summed E-state index contributed by atoms with van der Waals surface area (Å²) in [5.74, 6) is 0.107. The third-order valence-electron chi connectivity index (χ3n) is 3.21. The van der Waals surface area contributed by atoms with Crippen LogP contribution in [0, 0.1) is 0 Å². The molecular weight excluding hydrogens is 226 g/mol. The Hall–Kier alpha value is -1.35. The van der Waals surface area contributed by atoms with E-state index >= 15 is 0 Å². The Balaban J connectivity index is 1.90. The van der Waals surface area contributed by atoms with Crippen LogP contribution in [-0.2, 0) is 16.0 Å². The smallest absolute Gasteiger partial charge is 0.323 e. The molecule has 2 unspecified atom stereocenters. The quantitative estimate of drug-likeness (QED) is 0.834. The highest BCUT2D eigenvalue weighted by Gasteiger charge is 2.31. The molecule has 2 N–H and O–H groups in total. The van der Waals surface area contributed by atoms with Crippen LogP contribution in [0.15, 0.2) is 24.3 Å². The molecule has 0 aromatic heterocycles. The second kappa shape index (κ2) is 4.73. The first-order valence-electron chi connectivity index (χ1n) is 6.43. The summed E-state index contributed by atoms with van der Waals surface area (Å²) in [4.78, 5) is 11.8. The predicted molar refractivity (Wildman–Crippen MR) is 71.3 cm³/mol. The first-order chi connectivity index (χ1) is 8.37. The molecule has 0 heterocycles. The summed E-state index contributed by atoms with van der Waals surface area (Å²) >= 11 is 0. The summed E-state index contributed by atoms with van der Waals surface area (Å²) < 4.78 is 5.29. The van der Waals surface area contributed by atoms with Crippen molar-refractivity contribution in [2.75, 3.05) is 0 Å². The minimum atomic E-state index is -0.525. The van der Waals surface area contributed by atoms with Crippen molar-refractivity contribution >= 4 is 5.97 Å². The minimum Gasteiger partial charge on any atom is -0.459 e. The fourth-order valence-electron chi connectivity index (χ4n) is 2.35. The number of nitrogens with two attached hydrogens (primary N) is 1. The average molecular weight is 247 g/mol. The molecular formula is C15H21NO2. The molecule has 18 heavy (non-hydrogen) atoms. The number of ether oxygens (including phenoxy) is 1. The molecule has 1 aliphatic rings. The summed E-state index contributed by atoms with van der Waals surface area (Å²) in [6.07, 6.45) is 1.69. The van der Waals surface area contributed by atoms with Crippen molar-refractivity contribution in [1.82, 2.24) is 0 Å². The van der Waals surface area contributed by atoms with Crippen LogP contribution >= 0.6 is 0 Å². The van der Waals surface area contributed by atoms with E-state index in [0.717, 1.165) is 6.42 Å². The topological polar surface area (TPSA) is 52.3 Å². The first kappa shape index (κ1) is 13.1. The normalized spacial score (nSPS) is 19.7. The van der Waals surface area contributed by atoms with Gasteiger partial charge in [0.05, 0.1) is 0 Å². The fourth-order valence-corrected chi connectivity index (χ4v) is 2.35. The Kier molecular flexibility index (Phi) is 3.44. The molecule has 1 aliphatic carbocycles. The number of carbonyl (C=O) groups excluding carboxylic acids is 1. The highest BCUT2D eigenvalue weighted by molar-refractivity contribution is 5.76. The lowest BCUT2D eigenvalue weighted by atomic mass is 9.74. The van der Waals surface area contributed by atoms with Gasteiger partial charge in [-0.25, -0.2) is 0 Å². The van der Waals surface area contributed by atoms with E-state index in [1.807, 2.05) is 32.9 Å². The van der Waals surface area contributed by atoms with Crippen molar-refractivity contribution in [3.63, 3.8) is 0 Å². The largest absolute Gasteiger partial charge is 0.459 e. The van der Waals surface area contributed by atoms with Gasteiger partial charge in [0.15, 0.2) is 0 Å². The van der Waals surface area contributed by atoms with Crippen LogP contribution in [0.4, 0.5) is 0 Å². The van der Waals surface area contributed by atoms with E-state index in [2.05, 4.69) is 12.1 Å². The molecule has 0 fully saturated rings. The molecule has 3 heteroatoms. The Morgan fingerprint density at radius 3 is 2.72 bits per heavy atom. The maximum absolute atomic E-state index is 11.8. The Bertz CT molecular complexity index is 448. The van der Waals surface area contributed by atoms with E-state index in [1.165, 1.54) is 11.1 Å². The minimum absolute atomic E-state index is 0.299. The van der Waals surface area contributed by atoms with Crippen LogP contribution in [0.25, 0.3) is 0 Å². The number of hydrogen-bond donors (Lipinski definition) is 1. The zero-order chi connectivity index (χ0) is 13.3. The van der Waals surface area contributed by atoms with E-state index in [4.69, 9.17) is 10.5 Å². The van der Waals surface area contributed by atoms with Crippen molar-refractivity contribution < 1.29 is 9.53 Å². The Morgan fingerprint density at radius 2 is 2.11 bits per heavy atom. The summed E-state index contributed by atoms with van der Waals surface area (Å²) in [6.45, 7) is 5.57. The second-order valence-corrected chi connectivity index (χ2v) is 5.98. The molecule has 0 radical (unpaired) electrons. The maximum atomic E-state index is 11.8. The van der Waals surface area contributed by atoms with Crippen molar-refractivity contribution in [3.8, 4) is 0 Å². The van der Waals surface area contributed by atoms with Crippen molar-refractivity contribution in [1.29, 1.82) is 0 Å². The molecule has 0 saturated heterocycles. The summed E-state index contributed by atoms with van der Waals surface area (Å²) in [6, 6.07) is 7.80. The zero-order valence-electron chi connectivity index (χ0n) is 11.3. The third kappa shape index (κ3) is 2.91. The second-order valence-electron chi connectivity index (χ2n) is 5.98. The molecule has 0 saturated carbocycles. The van der Waals surface area contributed by atoms with Crippen LogP contribution in [-0.4, -0.2) is 17.6 Å². The average Bonchev–Trinajstić information content (AvgIpc) is 2.23. The van der Waals surface area contributed by atoms with Gasteiger partial charge in [0.1, 0.15) is 11.6 Å². The van der Waals surface area contributed by atoms with Crippen LogP contribution in [0.1, 0.15) is 44.2 Å². The van der Waals surface area contributed by atoms with Crippen molar-refractivity contribution in [2.45, 2.75) is 51.2 Å². The molecule has 0 spiro atoms. The molecule has 0 aliphatic heterocycles. The molecule has 2 atom stereocenters. The number of fused-ring (bicyclic) bond motifs is 1. The van der Waals surface area contributed by atoms with Crippen molar-refractivity contribution in [3.05, 3.63) is 35.4 Å². The summed E-state index contributed by atoms with van der Waals surface area (Å²) in [5, 5.41) is 0. The van der Waals surface area contributed by atoms with Crippen LogP contribution in [0.3, 0.4) is 0 Å². The molecule has 3 nitrogen and oxygen atoms in total. The van der Waals surface area contributed by atoms with E-state index in [-0.39, 0.29) is 5.97 Å². The van der Waals surface area contributed by atoms with Crippen molar-refractivity contribution in [2.24, 2.45) is 5.73 Å². The van der Waals surface area contributed by atoms with E-state index in [9.17, 15) is 4.79 Å². The predicted octanol–water partition coefficient (Wildman–Crippen LogP) is 2.39. The van der Waals surface area contributed by atoms with Gasteiger partial charge in [-0.3, -0.25) is 4.79 Å². The van der Waals surface area contributed by atoms with E-state index < -0.39 is 11.6 Å². The van der Waals surface area contributed by atoms with Gasteiger partial charge in [0.25, 0.3) is 0 Å². The molecule has 2 rings (SSSR count). The standard InChI is InChI=1S/C15H21NO2/c1-15(2,3)18-14(17)13(16)9-11-8-10-6-4-5-7-12(10)11/h4-7,11,13H,8-9,16H2,1-3H3. The van der Waals surface area contributed by atoms with Gasteiger partial charge in [-0.1, -0.05) is 24.3 Å². The number of esters is 1. The molecule has 98 valence electrons. The van der Waals surface area contributed by atoms with Crippen LogP contribution in [0.5, 0.6) is 0 Å². The molecule has 1 aromatic carbocycles. The number of benzene rings is 1. The van der Waals surface area contributed by atoms with Gasteiger partial charge >= 0.3 is 5.97 Å². The molecule has 1 aromatic rings. The van der Waals surface area contributed by atoms with Gasteiger partial charge in [0.2, 0.25) is 0 Å². The lowest BCUT2D eigenvalue weighted by Gasteiger charge is -2.32. The van der Waals surface area contributed by atoms with Gasteiger partial charge in [-0.2, -0.15) is 0 Å². The van der Waals surface area contributed by atoms with Gasteiger partial charge in [0, 0.05) is 0 Å². The number of carbonyl (C=O) groups is 1. The summed E-state index contributed by atoms with van der Waals surface area (Å²) in [7, 11) is 0. The SMILES string of the molecule is CC(C)(C)OC(=O)C(N)CC1Cc2ccccc21. The monoisotopic (exact) mass is 247 g/mol. The highest BCUT2D eigenvalue weighted by atomic mass is 16.6. The van der Waals surface area contributed by atoms with Gasteiger partial charge in [-0.15, -0.1) is 0 Å². The van der Waals surface area contributed by atoms with Gasteiger partial charge in [-0.05, 0) is 50.7 Å². The summed E-state index contributed by atoms with van der Waals surface area (Å²) in [5.41, 5.74) is 8.16. The van der Waals surface area contributed by atoms with Crippen LogP contribution < -0.4 is 5.73 Å². The Morgan fingerprint density at radius 1 is 1.44 bits per heavy atom. The number of hydrogen-bond acceptors (Lipinski definition) is 3. The lowest BCUT2D eigenvalue weighted by Crippen LogP contribution is -2.39. The lowest BCUT2D eigenvalue weighted by molar-refractivity contribution is -0.156. The third-order valence-corrected chi connectivity index (χ3v) is 3.21. The van der Waals surface area contributed by atoms with Crippen LogP contribution in [0.2, 0.25) is 0 Å². The highest BCUT2D eigenvalue weighted by Crippen LogP contribution is 2.37. The molecule has 0 amide bonds.